The SMILES string of the molecule is CC(C)(C)OC(=O)N[C@@H](C(=O)NC(C(=O)OCc1ccccc1)C1CC1)C1CCCC1. The number of carbonyl (C=O) groups excluding carboxylic acids is 3. The van der Waals surface area contributed by atoms with Gasteiger partial charge in [0.25, 0.3) is 0 Å². The van der Waals surface area contributed by atoms with Crippen molar-refractivity contribution in [1.29, 1.82) is 0 Å². The fourth-order valence-electron chi connectivity index (χ4n) is 3.98. The van der Waals surface area contributed by atoms with Crippen molar-refractivity contribution >= 4 is 18.0 Å². The minimum Gasteiger partial charge on any atom is -0.459 e. The first-order valence-electron chi connectivity index (χ1n) is 11.2. The molecule has 7 heteroatoms. The van der Waals surface area contributed by atoms with Gasteiger partial charge in [0.1, 0.15) is 24.3 Å². The van der Waals surface area contributed by atoms with Crippen LogP contribution in [-0.2, 0) is 25.7 Å². The van der Waals surface area contributed by atoms with Gasteiger partial charge in [-0.25, -0.2) is 9.59 Å². The third-order valence-corrected chi connectivity index (χ3v) is 5.69. The molecular weight excluding hydrogens is 396 g/mol. The Balaban J connectivity index is 1.63. The lowest BCUT2D eigenvalue weighted by Crippen LogP contribution is -2.55. The Kier molecular flexibility index (Phi) is 7.57. The zero-order chi connectivity index (χ0) is 22.4. The van der Waals surface area contributed by atoms with Gasteiger partial charge in [0, 0.05) is 0 Å². The van der Waals surface area contributed by atoms with E-state index in [-0.39, 0.29) is 24.3 Å². The predicted octanol–water partition coefficient (Wildman–Crippen LogP) is 3.71. The molecule has 0 spiro atoms. The molecule has 0 saturated heterocycles. The number of carbonyl (C=O) groups is 3. The number of benzene rings is 1. The summed E-state index contributed by atoms with van der Waals surface area (Å²) in [5, 5.41) is 5.63. The summed E-state index contributed by atoms with van der Waals surface area (Å²) in [5.74, 6) is -0.654. The second-order valence-corrected chi connectivity index (χ2v) is 9.59. The van der Waals surface area contributed by atoms with E-state index in [1.807, 2.05) is 30.3 Å². The first-order valence-corrected chi connectivity index (χ1v) is 11.2. The van der Waals surface area contributed by atoms with Gasteiger partial charge in [-0.15, -0.1) is 0 Å². The molecule has 1 aromatic carbocycles. The molecule has 2 saturated carbocycles. The van der Waals surface area contributed by atoms with Crippen molar-refractivity contribution in [2.24, 2.45) is 11.8 Å². The summed E-state index contributed by atoms with van der Waals surface area (Å²) >= 11 is 0. The molecule has 31 heavy (non-hydrogen) atoms. The molecular formula is C24H34N2O5. The van der Waals surface area contributed by atoms with Gasteiger partial charge < -0.3 is 20.1 Å². The lowest BCUT2D eigenvalue weighted by molar-refractivity contribution is -0.150. The molecule has 170 valence electrons. The largest absolute Gasteiger partial charge is 0.459 e. The monoisotopic (exact) mass is 430 g/mol. The van der Waals surface area contributed by atoms with Crippen molar-refractivity contribution < 1.29 is 23.9 Å². The predicted molar refractivity (Wildman–Crippen MR) is 116 cm³/mol. The van der Waals surface area contributed by atoms with Crippen LogP contribution < -0.4 is 10.6 Å². The third-order valence-electron chi connectivity index (χ3n) is 5.69. The van der Waals surface area contributed by atoms with E-state index in [9.17, 15) is 14.4 Å². The van der Waals surface area contributed by atoms with Gasteiger partial charge in [-0.2, -0.15) is 0 Å². The van der Waals surface area contributed by atoms with E-state index in [2.05, 4.69) is 10.6 Å². The number of nitrogens with one attached hydrogen (secondary N) is 2. The highest BCUT2D eigenvalue weighted by atomic mass is 16.6. The van der Waals surface area contributed by atoms with Crippen LogP contribution >= 0.6 is 0 Å². The summed E-state index contributed by atoms with van der Waals surface area (Å²) in [5.41, 5.74) is 0.241. The summed E-state index contributed by atoms with van der Waals surface area (Å²) in [6.07, 6.45) is 4.90. The molecule has 2 fully saturated rings. The molecule has 0 bridgehead atoms. The number of ether oxygens (including phenoxy) is 2. The lowest BCUT2D eigenvalue weighted by Gasteiger charge is -2.28. The highest BCUT2D eigenvalue weighted by Crippen LogP contribution is 2.34. The molecule has 7 nitrogen and oxygen atoms in total. The van der Waals surface area contributed by atoms with E-state index in [1.54, 1.807) is 20.8 Å². The van der Waals surface area contributed by atoms with Crippen molar-refractivity contribution in [1.82, 2.24) is 10.6 Å². The highest BCUT2D eigenvalue weighted by Gasteiger charge is 2.41. The van der Waals surface area contributed by atoms with Crippen LogP contribution in [0.4, 0.5) is 4.79 Å². The summed E-state index contributed by atoms with van der Waals surface area (Å²) in [6, 6.07) is 8.04. The fraction of sp³-hybridized carbons (Fsp3) is 0.625. The summed E-state index contributed by atoms with van der Waals surface area (Å²) in [6.45, 7) is 5.51. The topological polar surface area (TPSA) is 93.7 Å². The Morgan fingerprint density at radius 2 is 1.55 bits per heavy atom. The Morgan fingerprint density at radius 3 is 2.13 bits per heavy atom. The maximum atomic E-state index is 13.2. The minimum atomic E-state index is -0.722. The maximum absolute atomic E-state index is 13.2. The molecule has 3 rings (SSSR count). The fourth-order valence-corrected chi connectivity index (χ4v) is 3.98. The number of alkyl carbamates (subject to hydrolysis) is 1. The molecule has 0 radical (unpaired) electrons. The van der Waals surface area contributed by atoms with E-state index in [4.69, 9.17) is 9.47 Å². The van der Waals surface area contributed by atoms with Crippen molar-refractivity contribution in [3.8, 4) is 0 Å². The van der Waals surface area contributed by atoms with Gasteiger partial charge in [0.05, 0.1) is 0 Å². The summed E-state index contributed by atoms with van der Waals surface area (Å²) in [4.78, 5) is 38.3. The molecule has 0 heterocycles. The summed E-state index contributed by atoms with van der Waals surface area (Å²) in [7, 11) is 0. The van der Waals surface area contributed by atoms with Crippen molar-refractivity contribution in [3.63, 3.8) is 0 Å². The lowest BCUT2D eigenvalue weighted by atomic mass is 9.97. The summed E-state index contributed by atoms with van der Waals surface area (Å²) < 4.78 is 10.8. The van der Waals surface area contributed by atoms with E-state index >= 15 is 0 Å². The van der Waals surface area contributed by atoms with Gasteiger partial charge in [0.2, 0.25) is 5.91 Å². The van der Waals surface area contributed by atoms with E-state index in [0.29, 0.717) is 0 Å². The van der Waals surface area contributed by atoms with Crippen LogP contribution in [0, 0.1) is 11.8 Å². The molecule has 2 aliphatic carbocycles. The Labute approximate surface area is 184 Å². The molecule has 1 aromatic rings. The van der Waals surface area contributed by atoms with Gasteiger partial charge in [-0.05, 0) is 63.9 Å². The highest BCUT2D eigenvalue weighted by molar-refractivity contribution is 5.90. The Hall–Kier alpha value is -2.57. The standard InChI is InChI=1S/C24H34N2O5/c1-24(2,3)31-23(29)26-19(17-11-7-8-12-17)21(27)25-20(18-13-14-18)22(28)30-15-16-9-5-4-6-10-16/h4-6,9-10,17-20H,7-8,11-15H2,1-3H3,(H,25,27)(H,26,29)/t19-,20?/m1/s1. The first kappa shape index (κ1) is 23.1. The first-order chi connectivity index (χ1) is 14.7. The van der Waals surface area contributed by atoms with Crippen LogP contribution in [0.15, 0.2) is 30.3 Å². The molecule has 0 aliphatic heterocycles. The second kappa shape index (κ2) is 10.2. The Bertz CT molecular complexity index is 764. The zero-order valence-electron chi connectivity index (χ0n) is 18.7. The average molecular weight is 431 g/mol. The smallest absolute Gasteiger partial charge is 0.408 e. The van der Waals surface area contributed by atoms with E-state index in [0.717, 1.165) is 44.1 Å². The number of amides is 2. The maximum Gasteiger partial charge on any atom is 0.408 e. The molecule has 2 amide bonds. The van der Waals surface area contributed by atoms with Crippen molar-refractivity contribution in [2.45, 2.75) is 83.6 Å². The van der Waals surface area contributed by atoms with Gasteiger partial charge in [-0.3, -0.25) is 4.79 Å². The van der Waals surface area contributed by atoms with Gasteiger partial charge in [-0.1, -0.05) is 43.2 Å². The molecule has 0 aromatic heterocycles. The van der Waals surface area contributed by atoms with Crippen LogP contribution in [0.3, 0.4) is 0 Å². The number of hydrogen-bond acceptors (Lipinski definition) is 5. The molecule has 2 aliphatic rings. The number of rotatable bonds is 8. The number of hydrogen-bond donors (Lipinski definition) is 2. The van der Waals surface area contributed by atoms with Crippen LogP contribution in [0.2, 0.25) is 0 Å². The van der Waals surface area contributed by atoms with E-state index in [1.165, 1.54) is 0 Å². The third kappa shape index (κ3) is 7.26. The van der Waals surface area contributed by atoms with Gasteiger partial charge >= 0.3 is 12.1 Å². The normalized spacial score (nSPS) is 18.7. The molecule has 1 unspecified atom stereocenters. The van der Waals surface area contributed by atoms with E-state index < -0.39 is 29.7 Å². The number of esters is 1. The Morgan fingerprint density at radius 1 is 0.935 bits per heavy atom. The van der Waals surface area contributed by atoms with Crippen LogP contribution in [0.5, 0.6) is 0 Å². The quantitative estimate of drug-likeness (QED) is 0.613. The molecule has 2 atom stereocenters. The van der Waals surface area contributed by atoms with Crippen LogP contribution in [0.1, 0.15) is 64.9 Å². The van der Waals surface area contributed by atoms with Crippen LogP contribution in [-0.4, -0.2) is 35.7 Å². The molecule has 2 N–H and O–H groups in total. The van der Waals surface area contributed by atoms with Crippen molar-refractivity contribution in [2.75, 3.05) is 0 Å². The van der Waals surface area contributed by atoms with Gasteiger partial charge in [0.15, 0.2) is 0 Å². The average Bonchev–Trinajstić information content (AvgIpc) is 3.41. The van der Waals surface area contributed by atoms with Crippen molar-refractivity contribution in [3.05, 3.63) is 35.9 Å². The van der Waals surface area contributed by atoms with Crippen LogP contribution in [0.25, 0.3) is 0 Å². The zero-order valence-corrected chi connectivity index (χ0v) is 18.7. The second-order valence-electron chi connectivity index (χ2n) is 9.59. The minimum absolute atomic E-state index is 0.0349.